The topological polar surface area (TPSA) is 218 Å². The first-order valence-electron chi connectivity index (χ1n) is 3.63. The van der Waals surface area contributed by atoms with Gasteiger partial charge in [0.1, 0.15) is 0 Å². The molecule has 0 saturated heterocycles. The highest BCUT2D eigenvalue weighted by atomic mass is 16.4. The van der Waals surface area contributed by atoms with Crippen LogP contribution in [0.5, 0.6) is 0 Å². The third-order valence-electron chi connectivity index (χ3n) is 0. The summed E-state index contributed by atoms with van der Waals surface area (Å²) in [5.41, 5.74) is 0. The van der Waals surface area contributed by atoms with E-state index in [-0.39, 0.29) is 11.0 Å². The molecule has 0 aliphatic rings. The second-order valence-electron chi connectivity index (χ2n) is 1.97. The molecule has 10 heteroatoms. The van der Waals surface area contributed by atoms with Gasteiger partial charge in [-0.3, -0.25) is 0 Å². The van der Waals surface area contributed by atoms with Crippen LogP contribution in [0.3, 0.4) is 0 Å². The van der Waals surface area contributed by atoms with Crippen LogP contribution in [0.15, 0.2) is 0 Å². The summed E-state index contributed by atoms with van der Waals surface area (Å²) in [6.45, 7) is 3.89. The zero-order chi connectivity index (χ0) is 14.3. The molecule has 0 heterocycles. The smallest absolute Gasteiger partial charge is 0.550 e. The quantitative estimate of drug-likeness (QED) is 0.412. The predicted octanol–water partition coefficient (Wildman–Crippen LogP) is -5.21. The molecule has 0 aromatic rings. The lowest BCUT2D eigenvalue weighted by Gasteiger charge is -1.77. The number of carbonyl (C=O) groups is 4. The summed E-state index contributed by atoms with van der Waals surface area (Å²) in [6, 6.07) is 0. The number of carboxylic acid groups (broad SMARTS) is 4. The Bertz CT molecular complexity index is 158. The first kappa shape index (κ1) is 36.0. The summed E-state index contributed by atoms with van der Waals surface area (Å²) in [5.74, 6) is -4.33. The summed E-state index contributed by atoms with van der Waals surface area (Å²) in [7, 11) is 0. The maximum Gasteiger partial charge on any atom is 2.00 e. The van der Waals surface area contributed by atoms with Gasteiger partial charge < -0.3 is 39.6 Å². The van der Waals surface area contributed by atoms with E-state index in [4.69, 9.17) is 39.6 Å². The van der Waals surface area contributed by atoms with Crippen LogP contribution in [-0.4, -0.2) is 23.9 Å². The Morgan fingerprint density at radius 2 is 0.500 bits per heavy atom. The van der Waals surface area contributed by atoms with Crippen molar-refractivity contribution in [2.24, 2.45) is 0 Å². The average molecular weight is 268 g/mol. The van der Waals surface area contributed by atoms with Crippen molar-refractivity contribution in [3.63, 3.8) is 0 Å². The Hall–Kier alpha value is -2.20. The summed E-state index contributed by atoms with van der Waals surface area (Å²) in [5, 5.41) is 35.6. The fourth-order valence-electron chi connectivity index (χ4n) is 0. The number of hydrogen-bond donors (Lipinski definition) is 0. The molecule has 0 bridgehead atoms. The van der Waals surface area contributed by atoms with Gasteiger partial charge in [-0.15, -0.1) is 0 Å². The van der Waals surface area contributed by atoms with E-state index in [9.17, 15) is 0 Å². The van der Waals surface area contributed by atoms with Gasteiger partial charge in [0.05, 0.1) is 0 Å². The van der Waals surface area contributed by atoms with Crippen LogP contribution in [0.1, 0.15) is 27.7 Å². The Morgan fingerprint density at radius 3 is 0.500 bits per heavy atom. The minimum atomic E-state index is -1.08. The zero-order valence-corrected chi connectivity index (χ0v) is 10.1. The minimum Gasteiger partial charge on any atom is -0.550 e. The van der Waals surface area contributed by atoms with Crippen molar-refractivity contribution >= 4 is 23.9 Å². The zero-order valence-electron chi connectivity index (χ0n) is 10.1. The van der Waals surface area contributed by atoms with E-state index in [0.717, 1.165) is 27.7 Å². The molecule has 0 aromatic carbocycles. The van der Waals surface area contributed by atoms with Crippen molar-refractivity contribution in [3.05, 3.63) is 0 Å². The fourth-order valence-corrected chi connectivity index (χ4v) is 0. The first-order valence-corrected chi connectivity index (χ1v) is 3.63. The van der Waals surface area contributed by atoms with Gasteiger partial charge in [-0.05, 0) is 27.7 Å². The third-order valence-corrected chi connectivity index (χ3v) is 0. The second-order valence-corrected chi connectivity index (χ2v) is 1.97. The lowest BCUT2D eigenvalue weighted by Crippen LogP contribution is -2.16. The van der Waals surface area contributed by atoms with Crippen LogP contribution < -0.4 is 20.4 Å². The molecular weight excluding hydrogens is 256 g/mol. The summed E-state index contributed by atoms with van der Waals surface area (Å²) < 4.78 is 0. The van der Waals surface area contributed by atoms with E-state index >= 15 is 0 Å². The van der Waals surface area contributed by atoms with E-state index in [1.54, 1.807) is 0 Å². The predicted molar refractivity (Wildman–Crippen MR) is 44.1 cm³/mol. The van der Waals surface area contributed by atoms with E-state index in [1.807, 2.05) is 0 Å². The SMILES string of the molecule is CC(=O)[O-].CC(=O)[O-].CC(=O)[O-].CC(=O)[O-].[O+2].[O+2]. The van der Waals surface area contributed by atoms with E-state index < -0.39 is 23.9 Å². The number of carbonyl (C=O) groups excluding carboxylic acids is 4. The standard InChI is InChI=1S/4C2H4O2.2O/c4*1-2(3)4;;/h4*1H3,(H,3,4);;/q;;;;2*+2/p-4. The molecule has 0 atom stereocenters. The van der Waals surface area contributed by atoms with Gasteiger partial charge in [-0.2, -0.15) is 0 Å². The molecule has 8 radical (unpaired) electrons. The van der Waals surface area contributed by atoms with E-state index in [0.29, 0.717) is 0 Å². The van der Waals surface area contributed by atoms with Gasteiger partial charge in [-0.25, -0.2) is 0 Å². The Labute approximate surface area is 103 Å². The molecule has 10 nitrogen and oxygen atoms in total. The molecule has 0 aliphatic heterocycles. The van der Waals surface area contributed by atoms with Crippen LogP contribution in [0, 0.1) is 0 Å². The van der Waals surface area contributed by atoms with Crippen LogP contribution in [0.2, 0.25) is 0 Å². The number of hydrogen-bond acceptors (Lipinski definition) is 8. The molecule has 104 valence electrons. The molecule has 0 rings (SSSR count). The van der Waals surface area contributed by atoms with Gasteiger partial charge in [-0.1, -0.05) is 0 Å². The monoisotopic (exact) mass is 268 g/mol. The number of carboxylic acids is 4. The first-order chi connectivity index (χ1) is 6.93. The van der Waals surface area contributed by atoms with Gasteiger partial charge >= 0.3 is 11.0 Å². The third kappa shape index (κ3) is 467. The lowest BCUT2D eigenvalue weighted by molar-refractivity contribution is -0.303. The lowest BCUT2D eigenvalue weighted by atomic mass is 10.9. The van der Waals surface area contributed by atoms with Crippen LogP contribution in [0.25, 0.3) is 0 Å². The Balaban J connectivity index is -0.0000000257. The molecule has 0 amide bonds. The summed E-state index contributed by atoms with van der Waals surface area (Å²) >= 11 is 0. The molecule has 0 aromatic heterocycles. The highest BCUT2D eigenvalue weighted by molar-refractivity contribution is 5.61. The molecule has 0 spiro atoms. The van der Waals surface area contributed by atoms with Crippen LogP contribution in [0.4, 0.5) is 0 Å². The summed E-state index contributed by atoms with van der Waals surface area (Å²) in [6.07, 6.45) is 0. The van der Waals surface area contributed by atoms with Crippen LogP contribution >= 0.6 is 0 Å². The molecule has 0 saturated carbocycles. The molecule has 0 fully saturated rings. The molecule has 0 unspecified atom stereocenters. The number of aliphatic carboxylic acids is 4. The van der Waals surface area contributed by atoms with E-state index in [2.05, 4.69) is 0 Å². The van der Waals surface area contributed by atoms with Crippen molar-refractivity contribution in [2.45, 2.75) is 27.7 Å². The maximum atomic E-state index is 8.89. The van der Waals surface area contributed by atoms with Crippen molar-refractivity contribution in [1.29, 1.82) is 0 Å². The van der Waals surface area contributed by atoms with Gasteiger partial charge in [0.25, 0.3) is 0 Å². The molecule has 0 aliphatic carbocycles. The van der Waals surface area contributed by atoms with Crippen molar-refractivity contribution in [1.82, 2.24) is 0 Å². The molecule has 0 N–H and O–H groups in total. The highest BCUT2D eigenvalue weighted by Crippen LogP contribution is 1.32. The van der Waals surface area contributed by atoms with Gasteiger partial charge in [0.15, 0.2) is 0 Å². The summed E-state index contributed by atoms with van der Waals surface area (Å²) in [4.78, 5) is 35.6. The van der Waals surface area contributed by atoms with Crippen molar-refractivity contribution in [2.75, 3.05) is 0 Å². The molecular formula is C8H12O10. The largest absolute Gasteiger partial charge is 2.00 e. The van der Waals surface area contributed by atoms with Gasteiger partial charge in [0.2, 0.25) is 0 Å². The highest BCUT2D eigenvalue weighted by Gasteiger charge is 2.00. The number of rotatable bonds is 0. The van der Waals surface area contributed by atoms with Gasteiger partial charge in [0, 0.05) is 23.9 Å². The van der Waals surface area contributed by atoms with Crippen molar-refractivity contribution < 1.29 is 50.6 Å². The van der Waals surface area contributed by atoms with Crippen LogP contribution in [-0.2, 0) is 30.1 Å². The average Bonchev–Trinajstić information content (AvgIpc) is 1.76. The second kappa shape index (κ2) is 29.3. The Kier molecular flexibility index (Phi) is 58.8. The molecule has 18 heavy (non-hydrogen) atoms. The maximum absolute atomic E-state index is 8.89. The normalized spacial score (nSPS) is 5.56. The Morgan fingerprint density at radius 1 is 0.500 bits per heavy atom. The van der Waals surface area contributed by atoms with E-state index in [1.165, 1.54) is 0 Å². The fraction of sp³-hybridized carbons (Fsp3) is 0.500. The minimum absolute atomic E-state index is 0. The van der Waals surface area contributed by atoms with Crippen molar-refractivity contribution in [3.8, 4) is 0 Å².